The van der Waals surface area contributed by atoms with Gasteiger partial charge in [0.15, 0.2) is 23.7 Å². The Kier molecular flexibility index (Phi) is 6.92. The molecule has 3 aromatic carbocycles. The summed E-state index contributed by atoms with van der Waals surface area (Å²) < 4.78 is 66.7. The second-order valence-corrected chi connectivity index (χ2v) is 8.12. The molecule has 0 saturated carbocycles. The molecule has 1 heterocycles. The monoisotopic (exact) mass is 444 g/mol. The van der Waals surface area contributed by atoms with Crippen molar-refractivity contribution in [1.82, 2.24) is 0 Å². The maximum atomic E-state index is 15.1. The zero-order valence-corrected chi connectivity index (χ0v) is 17.6. The Morgan fingerprint density at radius 1 is 0.875 bits per heavy atom. The fraction of sp³-hybridized carbons (Fsp3) is 0.308. The maximum absolute atomic E-state index is 15.1. The summed E-state index contributed by atoms with van der Waals surface area (Å²) in [6, 6.07) is 10.7. The van der Waals surface area contributed by atoms with Crippen molar-refractivity contribution in [3.05, 3.63) is 95.1 Å². The van der Waals surface area contributed by atoms with Crippen molar-refractivity contribution in [2.45, 2.75) is 32.0 Å². The van der Waals surface area contributed by atoms with Crippen molar-refractivity contribution in [2.75, 3.05) is 13.2 Å². The predicted octanol–water partition coefficient (Wildman–Crippen LogP) is 6.81. The topological polar surface area (TPSA) is 18.5 Å². The first-order valence-corrected chi connectivity index (χ1v) is 10.6. The zero-order valence-electron chi connectivity index (χ0n) is 17.6. The minimum absolute atomic E-state index is 0.186. The summed E-state index contributed by atoms with van der Waals surface area (Å²) in [5.74, 6) is -4.03. The number of benzene rings is 3. The van der Waals surface area contributed by atoms with E-state index in [9.17, 15) is 13.2 Å². The fourth-order valence-corrected chi connectivity index (χ4v) is 3.98. The lowest BCUT2D eigenvalue weighted by Crippen LogP contribution is -2.27. The van der Waals surface area contributed by atoms with Gasteiger partial charge in [-0.1, -0.05) is 30.3 Å². The first-order chi connectivity index (χ1) is 15.5. The molecule has 1 fully saturated rings. The van der Waals surface area contributed by atoms with E-state index in [4.69, 9.17) is 9.47 Å². The predicted molar refractivity (Wildman–Crippen MR) is 115 cm³/mol. The number of allylic oxidation sites excluding steroid dienone is 1. The van der Waals surface area contributed by atoms with E-state index in [1.807, 2.05) is 12.1 Å². The molecule has 1 saturated heterocycles. The van der Waals surface area contributed by atoms with Crippen LogP contribution in [-0.2, 0) is 22.3 Å². The number of rotatable bonds is 7. The summed E-state index contributed by atoms with van der Waals surface area (Å²) in [6.45, 7) is 4.94. The quantitative estimate of drug-likeness (QED) is 0.226. The maximum Gasteiger partial charge on any atom is 0.194 e. The average Bonchev–Trinajstić information content (AvgIpc) is 2.81. The molecule has 168 valence electrons. The van der Waals surface area contributed by atoms with Crippen LogP contribution in [0.2, 0.25) is 0 Å². The summed E-state index contributed by atoms with van der Waals surface area (Å²) in [7, 11) is 0. The van der Waals surface area contributed by atoms with Crippen LogP contribution in [0.25, 0.3) is 10.8 Å². The highest BCUT2D eigenvalue weighted by Crippen LogP contribution is 2.31. The van der Waals surface area contributed by atoms with Crippen LogP contribution in [0.1, 0.15) is 35.8 Å². The normalized spacial score (nSPS) is 18.8. The van der Waals surface area contributed by atoms with Crippen molar-refractivity contribution in [3.63, 3.8) is 0 Å². The lowest BCUT2D eigenvalue weighted by atomic mass is 9.98. The van der Waals surface area contributed by atoms with E-state index in [0.717, 1.165) is 30.5 Å². The number of hydrogen-bond acceptors (Lipinski definition) is 2. The molecule has 0 N–H and O–H groups in total. The molecule has 1 aliphatic rings. The van der Waals surface area contributed by atoms with E-state index in [-0.39, 0.29) is 24.2 Å². The summed E-state index contributed by atoms with van der Waals surface area (Å²) in [5.41, 5.74) is 1.52. The lowest BCUT2D eigenvalue weighted by molar-refractivity contribution is -0.205. The second kappa shape index (κ2) is 9.84. The molecule has 0 spiro atoms. The van der Waals surface area contributed by atoms with Crippen molar-refractivity contribution < 1.29 is 27.0 Å². The van der Waals surface area contributed by atoms with Crippen LogP contribution in [0, 0.1) is 29.2 Å². The van der Waals surface area contributed by atoms with Crippen molar-refractivity contribution in [3.8, 4) is 0 Å². The molecule has 6 heteroatoms. The molecule has 0 radical (unpaired) electrons. The lowest BCUT2D eigenvalue weighted by Gasteiger charge is -2.29. The van der Waals surface area contributed by atoms with Gasteiger partial charge in [0.05, 0.1) is 13.2 Å². The van der Waals surface area contributed by atoms with Gasteiger partial charge < -0.3 is 9.47 Å². The first-order valence-electron chi connectivity index (χ1n) is 10.6. The number of hydrogen-bond donors (Lipinski definition) is 0. The molecule has 32 heavy (non-hydrogen) atoms. The van der Waals surface area contributed by atoms with Crippen molar-refractivity contribution >= 4 is 10.8 Å². The van der Waals surface area contributed by atoms with Crippen LogP contribution >= 0.6 is 0 Å². The van der Waals surface area contributed by atoms with Gasteiger partial charge in [-0.2, -0.15) is 0 Å². The van der Waals surface area contributed by atoms with Crippen molar-refractivity contribution in [2.24, 2.45) is 5.92 Å². The van der Waals surface area contributed by atoms with Gasteiger partial charge in [-0.05, 0) is 60.4 Å². The molecule has 1 aliphatic heterocycles. The van der Waals surface area contributed by atoms with E-state index in [0.29, 0.717) is 35.5 Å². The first kappa shape index (κ1) is 22.5. The third kappa shape index (κ3) is 4.87. The Morgan fingerprint density at radius 3 is 2.28 bits per heavy atom. The van der Waals surface area contributed by atoms with Gasteiger partial charge in [-0.3, -0.25) is 0 Å². The van der Waals surface area contributed by atoms with Crippen LogP contribution < -0.4 is 0 Å². The third-order valence-corrected chi connectivity index (χ3v) is 5.80. The van der Waals surface area contributed by atoms with Gasteiger partial charge in [0.2, 0.25) is 0 Å². The Hall–Kier alpha value is -2.70. The van der Waals surface area contributed by atoms with Crippen LogP contribution in [0.3, 0.4) is 0 Å². The summed E-state index contributed by atoms with van der Waals surface area (Å²) in [4.78, 5) is 0. The molecule has 0 amide bonds. The molecular formula is C26H24F4O2. The SMILES string of the molecule is C=CCCC1COC(c2ccc3c(F)c(CCc4cc(F)c(F)c(F)c4)ccc3c2)OC1. The van der Waals surface area contributed by atoms with Crippen LogP contribution in [0.15, 0.2) is 55.1 Å². The summed E-state index contributed by atoms with van der Waals surface area (Å²) in [6.07, 6.45) is 3.71. The minimum atomic E-state index is -1.50. The van der Waals surface area contributed by atoms with E-state index < -0.39 is 23.7 Å². The van der Waals surface area contributed by atoms with Crippen LogP contribution in [0.5, 0.6) is 0 Å². The smallest absolute Gasteiger partial charge is 0.194 e. The van der Waals surface area contributed by atoms with E-state index in [1.54, 1.807) is 24.3 Å². The highest BCUT2D eigenvalue weighted by molar-refractivity contribution is 5.84. The van der Waals surface area contributed by atoms with E-state index >= 15 is 4.39 Å². The number of aryl methyl sites for hydroxylation is 2. The van der Waals surface area contributed by atoms with Gasteiger partial charge in [0, 0.05) is 16.9 Å². The van der Waals surface area contributed by atoms with Crippen molar-refractivity contribution in [1.29, 1.82) is 0 Å². The molecule has 3 aromatic rings. The Morgan fingerprint density at radius 2 is 1.59 bits per heavy atom. The average molecular weight is 444 g/mol. The highest BCUT2D eigenvalue weighted by Gasteiger charge is 2.23. The van der Waals surface area contributed by atoms with Gasteiger partial charge in [-0.25, -0.2) is 17.6 Å². The van der Waals surface area contributed by atoms with Gasteiger partial charge >= 0.3 is 0 Å². The number of ether oxygens (including phenoxy) is 2. The number of fused-ring (bicyclic) bond motifs is 1. The molecule has 0 atom stereocenters. The molecule has 2 nitrogen and oxygen atoms in total. The van der Waals surface area contributed by atoms with Crippen LogP contribution in [0.4, 0.5) is 17.6 Å². The highest BCUT2D eigenvalue weighted by atomic mass is 19.2. The minimum Gasteiger partial charge on any atom is -0.348 e. The molecule has 0 unspecified atom stereocenters. The van der Waals surface area contributed by atoms with Gasteiger partial charge in [-0.15, -0.1) is 6.58 Å². The second-order valence-electron chi connectivity index (χ2n) is 8.12. The van der Waals surface area contributed by atoms with E-state index in [1.165, 1.54) is 0 Å². The van der Waals surface area contributed by atoms with Crippen LogP contribution in [-0.4, -0.2) is 13.2 Å². The summed E-state index contributed by atoms with van der Waals surface area (Å²) in [5, 5.41) is 1.16. The molecular weight excluding hydrogens is 420 g/mol. The zero-order chi connectivity index (χ0) is 22.7. The summed E-state index contributed by atoms with van der Waals surface area (Å²) >= 11 is 0. The van der Waals surface area contributed by atoms with Gasteiger partial charge in [0.25, 0.3) is 0 Å². The molecule has 0 aliphatic carbocycles. The van der Waals surface area contributed by atoms with E-state index in [2.05, 4.69) is 6.58 Å². The molecule has 0 aromatic heterocycles. The Bertz CT molecular complexity index is 1100. The largest absolute Gasteiger partial charge is 0.348 e. The molecule has 0 bridgehead atoms. The standard InChI is InChI=1S/C26H24F4O2/c1-2-3-4-17-14-31-26(32-15-17)20-9-10-21-19(13-20)8-7-18(24(21)29)6-5-16-11-22(27)25(30)23(28)12-16/h2,7-13,17,26H,1,3-6,14-15H2. The Labute approximate surface area is 184 Å². The fourth-order valence-electron chi connectivity index (χ4n) is 3.98. The Balaban J connectivity index is 1.46. The van der Waals surface area contributed by atoms with Gasteiger partial charge in [0.1, 0.15) is 5.82 Å². The molecule has 4 rings (SSSR count). The third-order valence-electron chi connectivity index (χ3n) is 5.80. The number of halogens is 4.